The largest absolute Gasteiger partial charge is 0.399 e. The van der Waals surface area contributed by atoms with E-state index in [4.69, 9.17) is 11.5 Å². The summed E-state index contributed by atoms with van der Waals surface area (Å²) < 4.78 is 0. The van der Waals surface area contributed by atoms with E-state index in [0.717, 1.165) is 52.3 Å². The van der Waals surface area contributed by atoms with Crippen LogP contribution in [-0.4, -0.2) is 13.1 Å². The average Bonchev–Trinajstić information content (AvgIpc) is 2.88. The molecule has 35 heavy (non-hydrogen) atoms. The fraction of sp³-hybridized carbons (Fsp3) is 0.125. The molecule has 0 bridgehead atoms. The molecule has 0 aliphatic heterocycles. The number of hydrogen-bond donors (Lipinski definition) is 2. The van der Waals surface area contributed by atoms with E-state index >= 15 is 0 Å². The lowest BCUT2D eigenvalue weighted by Gasteiger charge is -2.20. The summed E-state index contributed by atoms with van der Waals surface area (Å²) in [6.07, 6.45) is 6.49. The third-order valence-corrected chi connectivity index (χ3v) is 6.13. The van der Waals surface area contributed by atoms with Gasteiger partial charge in [-0.3, -0.25) is 0 Å². The molecule has 0 spiro atoms. The van der Waals surface area contributed by atoms with E-state index < -0.39 is 0 Å². The molecule has 0 heterocycles. The van der Waals surface area contributed by atoms with Crippen molar-refractivity contribution in [2.45, 2.75) is 13.8 Å². The zero-order valence-electron chi connectivity index (χ0n) is 20.5. The lowest BCUT2D eigenvalue weighted by Crippen LogP contribution is -2.21. The summed E-state index contributed by atoms with van der Waals surface area (Å²) in [7, 11) is 0. The highest BCUT2D eigenvalue weighted by molar-refractivity contribution is 5.92. The number of nitrogens with two attached hydrogens (primary N) is 2. The summed E-state index contributed by atoms with van der Waals surface area (Å²) in [5.41, 5.74) is 21.6. The minimum Gasteiger partial charge on any atom is -0.399 e. The standard InChI is InChI=1S/C32H33N3/c1-3-35(4-2)31-19-17-25(18-20-31)12-11-24-13-15-26(16-14-24)21-32(27-7-5-9-29(33)22-27)28-8-6-10-30(34)23-28/h5-23H,3-4,33-34H2,1-2H3/b12-11-. The van der Waals surface area contributed by atoms with Gasteiger partial charge in [0, 0.05) is 30.2 Å². The number of benzene rings is 4. The summed E-state index contributed by atoms with van der Waals surface area (Å²) in [5.74, 6) is 0. The van der Waals surface area contributed by atoms with Gasteiger partial charge in [-0.2, -0.15) is 0 Å². The van der Waals surface area contributed by atoms with Gasteiger partial charge >= 0.3 is 0 Å². The lowest BCUT2D eigenvalue weighted by molar-refractivity contribution is 0.866. The molecule has 0 unspecified atom stereocenters. The van der Waals surface area contributed by atoms with Crippen LogP contribution in [0.25, 0.3) is 23.8 Å². The van der Waals surface area contributed by atoms with Crippen molar-refractivity contribution in [1.82, 2.24) is 0 Å². The molecule has 176 valence electrons. The van der Waals surface area contributed by atoms with Gasteiger partial charge in [0.15, 0.2) is 0 Å². The van der Waals surface area contributed by atoms with Crippen molar-refractivity contribution in [2.24, 2.45) is 0 Å². The van der Waals surface area contributed by atoms with E-state index in [1.54, 1.807) is 0 Å². The molecule has 4 N–H and O–H groups in total. The van der Waals surface area contributed by atoms with Crippen LogP contribution < -0.4 is 16.4 Å². The third kappa shape index (κ3) is 6.21. The van der Waals surface area contributed by atoms with Gasteiger partial charge in [-0.15, -0.1) is 0 Å². The number of anilines is 3. The summed E-state index contributed by atoms with van der Waals surface area (Å²) in [5, 5.41) is 0. The monoisotopic (exact) mass is 459 g/mol. The zero-order chi connectivity index (χ0) is 24.6. The fourth-order valence-corrected chi connectivity index (χ4v) is 4.19. The molecule has 4 rings (SSSR count). The summed E-state index contributed by atoms with van der Waals surface area (Å²) >= 11 is 0. The minimum atomic E-state index is 0.739. The highest BCUT2D eigenvalue weighted by Gasteiger charge is 2.07. The fourth-order valence-electron chi connectivity index (χ4n) is 4.19. The number of rotatable bonds is 8. The predicted octanol–water partition coefficient (Wildman–Crippen LogP) is 7.46. The van der Waals surface area contributed by atoms with Crippen molar-refractivity contribution in [3.05, 3.63) is 125 Å². The Labute approximate surface area is 209 Å². The van der Waals surface area contributed by atoms with Crippen LogP contribution in [-0.2, 0) is 0 Å². The maximum absolute atomic E-state index is 6.07. The highest BCUT2D eigenvalue weighted by Crippen LogP contribution is 2.29. The molecular formula is C32H33N3. The Morgan fingerprint density at radius 3 is 1.54 bits per heavy atom. The molecule has 4 aromatic rings. The first-order chi connectivity index (χ1) is 17.1. The molecule has 0 amide bonds. The quantitative estimate of drug-likeness (QED) is 0.212. The van der Waals surface area contributed by atoms with E-state index in [0.29, 0.717) is 0 Å². The van der Waals surface area contributed by atoms with Gasteiger partial charge in [0.25, 0.3) is 0 Å². The van der Waals surface area contributed by atoms with Gasteiger partial charge in [0.1, 0.15) is 0 Å². The Morgan fingerprint density at radius 2 is 1.09 bits per heavy atom. The molecule has 3 nitrogen and oxygen atoms in total. The van der Waals surface area contributed by atoms with E-state index in [2.05, 4.69) is 97.6 Å². The van der Waals surface area contributed by atoms with Crippen molar-refractivity contribution in [3.8, 4) is 0 Å². The molecule has 0 aromatic heterocycles. The van der Waals surface area contributed by atoms with Gasteiger partial charge in [0.05, 0.1) is 0 Å². The van der Waals surface area contributed by atoms with Crippen molar-refractivity contribution >= 4 is 40.9 Å². The van der Waals surface area contributed by atoms with E-state index in [-0.39, 0.29) is 0 Å². The van der Waals surface area contributed by atoms with Gasteiger partial charge in [0.2, 0.25) is 0 Å². The topological polar surface area (TPSA) is 55.3 Å². The second kappa shape index (κ2) is 11.3. The van der Waals surface area contributed by atoms with Crippen molar-refractivity contribution < 1.29 is 0 Å². The van der Waals surface area contributed by atoms with Crippen LogP contribution in [0.4, 0.5) is 17.1 Å². The molecule has 4 aromatic carbocycles. The Balaban J connectivity index is 1.57. The zero-order valence-corrected chi connectivity index (χ0v) is 20.5. The summed E-state index contributed by atoms with van der Waals surface area (Å²) in [6, 6.07) is 33.2. The molecular weight excluding hydrogens is 426 g/mol. The smallest absolute Gasteiger partial charge is 0.0366 e. The van der Waals surface area contributed by atoms with Crippen molar-refractivity contribution in [3.63, 3.8) is 0 Å². The molecule has 0 saturated carbocycles. The normalized spacial score (nSPS) is 10.9. The lowest BCUT2D eigenvalue weighted by atomic mass is 9.94. The van der Waals surface area contributed by atoms with Gasteiger partial charge < -0.3 is 16.4 Å². The molecule has 0 fully saturated rings. The van der Waals surface area contributed by atoms with Gasteiger partial charge in [-0.25, -0.2) is 0 Å². The van der Waals surface area contributed by atoms with Crippen LogP contribution in [0.15, 0.2) is 97.1 Å². The Morgan fingerprint density at radius 1 is 0.629 bits per heavy atom. The number of nitrogens with zero attached hydrogens (tertiary/aromatic N) is 1. The van der Waals surface area contributed by atoms with E-state index in [9.17, 15) is 0 Å². The van der Waals surface area contributed by atoms with Crippen LogP contribution >= 0.6 is 0 Å². The molecule has 0 atom stereocenters. The maximum atomic E-state index is 6.07. The third-order valence-electron chi connectivity index (χ3n) is 6.13. The number of nitrogen functional groups attached to an aromatic ring is 2. The molecule has 0 aliphatic carbocycles. The maximum Gasteiger partial charge on any atom is 0.0366 e. The van der Waals surface area contributed by atoms with Gasteiger partial charge in [-0.1, -0.05) is 72.8 Å². The molecule has 0 saturated heterocycles. The van der Waals surface area contributed by atoms with Gasteiger partial charge in [-0.05, 0) is 89.7 Å². The highest BCUT2D eigenvalue weighted by atomic mass is 15.1. The van der Waals surface area contributed by atoms with Crippen LogP contribution in [0.3, 0.4) is 0 Å². The molecule has 0 radical (unpaired) electrons. The van der Waals surface area contributed by atoms with Crippen molar-refractivity contribution in [1.29, 1.82) is 0 Å². The second-order valence-electron chi connectivity index (χ2n) is 8.57. The van der Waals surface area contributed by atoms with Crippen LogP contribution in [0, 0.1) is 0 Å². The number of hydrogen-bond acceptors (Lipinski definition) is 3. The second-order valence-corrected chi connectivity index (χ2v) is 8.57. The average molecular weight is 460 g/mol. The first kappa shape index (κ1) is 23.9. The predicted molar refractivity (Wildman–Crippen MR) is 154 cm³/mol. The summed E-state index contributed by atoms with van der Waals surface area (Å²) in [6.45, 7) is 6.40. The van der Waals surface area contributed by atoms with Crippen molar-refractivity contribution in [2.75, 3.05) is 29.5 Å². The Hall–Kier alpha value is -4.24. The minimum absolute atomic E-state index is 0.739. The first-order valence-corrected chi connectivity index (χ1v) is 12.1. The van der Waals surface area contributed by atoms with Crippen LogP contribution in [0.2, 0.25) is 0 Å². The summed E-state index contributed by atoms with van der Waals surface area (Å²) in [4.78, 5) is 2.35. The molecule has 0 aliphatic rings. The molecule has 3 heteroatoms. The first-order valence-electron chi connectivity index (χ1n) is 12.1. The van der Waals surface area contributed by atoms with Crippen LogP contribution in [0.5, 0.6) is 0 Å². The Kier molecular flexibility index (Phi) is 7.69. The van der Waals surface area contributed by atoms with E-state index in [1.165, 1.54) is 11.3 Å². The van der Waals surface area contributed by atoms with E-state index in [1.807, 2.05) is 36.4 Å². The Bertz CT molecular complexity index is 1260. The van der Waals surface area contributed by atoms with Crippen LogP contribution in [0.1, 0.15) is 41.7 Å². The SMILES string of the molecule is CCN(CC)c1ccc(/C=C\c2ccc(C=C(c3cccc(N)c3)c3cccc(N)c3)cc2)cc1.